The van der Waals surface area contributed by atoms with Gasteiger partial charge in [-0.05, 0) is 32.9 Å². The smallest absolute Gasteiger partial charge is 0.414 e. The topological polar surface area (TPSA) is 97.4 Å². The monoisotopic (exact) mass is 307 g/mol. The van der Waals surface area contributed by atoms with E-state index in [1.165, 1.54) is 12.0 Å². The van der Waals surface area contributed by atoms with Crippen LogP contribution in [-0.4, -0.2) is 30.7 Å². The van der Waals surface area contributed by atoms with Gasteiger partial charge in [0.25, 0.3) is 0 Å². The first-order valence-corrected chi connectivity index (χ1v) is 6.73. The summed E-state index contributed by atoms with van der Waals surface area (Å²) in [6, 6.07) is 7.10. The molecule has 0 bridgehead atoms. The third-order valence-electron chi connectivity index (χ3n) is 3.30. The number of hydrogen-bond acceptors (Lipinski definition) is 6. The zero-order valence-electron chi connectivity index (χ0n) is 13.2. The maximum atomic E-state index is 11.9. The number of rotatable bonds is 5. The second-order valence-corrected chi connectivity index (χ2v) is 4.49. The third-order valence-corrected chi connectivity index (χ3v) is 3.30. The van der Waals surface area contributed by atoms with Crippen molar-refractivity contribution in [2.75, 3.05) is 18.6 Å². The molecular formula is C15H21N3O4. The first-order chi connectivity index (χ1) is 10.5. The van der Waals surface area contributed by atoms with Crippen molar-refractivity contribution in [1.29, 1.82) is 0 Å². The summed E-state index contributed by atoms with van der Waals surface area (Å²) in [6.07, 6.45) is -0.489. The number of carbonyl (C=O) groups is 1. The van der Waals surface area contributed by atoms with Gasteiger partial charge in [0.2, 0.25) is 0 Å². The molecule has 0 aliphatic carbocycles. The van der Waals surface area contributed by atoms with Gasteiger partial charge in [-0.2, -0.15) is 5.90 Å². The Bertz CT molecular complexity index is 596. The summed E-state index contributed by atoms with van der Waals surface area (Å²) in [6.45, 7) is 5.57. The normalized spacial score (nSPS) is 12.5. The number of carbonyl (C=O) groups excluding carboxylic acids is 1. The van der Waals surface area contributed by atoms with Crippen LogP contribution in [0.3, 0.4) is 0 Å². The number of methoxy groups -OCH3 is 1. The van der Waals surface area contributed by atoms with Crippen molar-refractivity contribution >= 4 is 23.3 Å². The Balaban J connectivity index is 3.52. The number of oxime groups is 1. The van der Waals surface area contributed by atoms with E-state index in [4.69, 9.17) is 20.7 Å². The zero-order valence-corrected chi connectivity index (χ0v) is 13.2. The van der Waals surface area contributed by atoms with Crippen molar-refractivity contribution in [2.45, 2.75) is 20.8 Å². The molecule has 0 aliphatic heterocycles. The van der Waals surface area contributed by atoms with Crippen molar-refractivity contribution in [2.24, 2.45) is 11.1 Å². The molecule has 3 N–H and O–H groups in total. The number of benzene rings is 1. The molecule has 0 fully saturated rings. The van der Waals surface area contributed by atoms with Crippen LogP contribution in [0.1, 0.15) is 26.3 Å². The molecule has 1 rings (SSSR count). The second-order valence-electron chi connectivity index (χ2n) is 4.49. The number of anilines is 1. The van der Waals surface area contributed by atoms with Crippen molar-refractivity contribution in [3.8, 4) is 0 Å². The van der Waals surface area contributed by atoms with Crippen LogP contribution in [0.15, 0.2) is 35.0 Å². The standard InChI is InChI=1S/C15H21N3O4/c1-5-18(15(19)21-4)13-9-7-6-8-12(13)14(22-16)10(2)11(3)17-20/h6-9,20H,5,16H2,1-4H3/b14-10-,17-11+. The van der Waals surface area contributed by atoms with Crippen LogP contribution < -0.4 is 10.8 Å². The average Bonchev–Trinajstić information content (AvgIpc) is 2.56. The lowest BCUT2D eigenvalue weighted by atomic mass is 10.0. The van der Waals surface area contributed by atoms with Gasteiger partial charge in [0.15, 0.2) is 5.76 Å². The third kappa shape index (κ3) is 3.56. The molecule has 7 heteroatoms. The molecule has 0 saturated carbocycles. The summed E-state index contributed by atoms with van der Waals surface area (Å²) in [4.78, 5) is 18.3. The Hall–Kier alpha value is -2.54. The summed E-state index contributed by atoms with van der Waals surface area (Å²) in [5, 5.41) is 12.1. The van der Waals surface area contributed by atoms with Crippen LogP contribution in [0, 0.1) is 0 Å². The highest BCUT2D eigenvalue weighted by molar-refractivity contribution is 6.04. The van der Waals surface area contributed by atoms with Gasteiger partial charge in [-0.1, -0.05) is 17.3 Å². The molecule has 1 aromatic carbocycles. The number of para-hydroxylation sites is 1. The van der Waals surface area contributed by atoms with Crippen molar-refractivity contribution < 1.29 is 19.6 Å². The Kier molecular flexibility index (Phi) is 6.40. The van der Waals surface area contributed by atoms with Crippen LogP contribution in [-0.2, 0) is 9.57 Å². The van der Waals surface area contributed by atoms with E-state index in [0.717, 1.165) is 0 Å². The van der Waals surface area contributed by atoms with E-state index in [0.29, 0.717) is 34.8 Å². The number of hydrogen-bond donors (Lipinski definition) is 2. The van der Waals surface area contributed by atoms with Crippen molar-refractivity contribution in [3.63, 3.8) is 0 Å². The van der Waals surface area contributed by atoms with E-state index in [2.05, 4.69) is 5.16 Å². The number of nitrogens with zero attached hydrogens (tertiary/aromatic N) is 2. The van der Waals surface area contributed by atoms with E-state index in [1.807, 2.05) is 6.92 Å². The molecule has 0 unspecified atom stereocenters. The predicted octanol–water partition coefficient (Wildman–Crippen LogP) is 2.75. The van der Waals surface area contributed by atoms with Crippen LogP contribution in [0.25, 0.3) is 5.76 Å². The maximum absolute atomic E-state index is 11.9. The molecule has 0 radical (unpaired) electrons. The van der Waals surface area contributed by atoms with Crippen LogP contribution in [0.2, 0.25) is 0 Å². The molecule has 0 aromatic heterocycles. The van der Waals surface area contributed by atoms with Crippen LogP contribution in [0.5, 0.6) is 0 Å². The van der Waals surface area contributed by atoms with E-state index >= 15 is 0 Å². The summed E-state index contributed by atoms with van der Waals surface area (Å²) < 4.78 is 4.79. The Morgan fingerprint density at radius 1 is 1.36 bits per heavy atom. The lowest BCUT2D eigenvalue weighted by Crippen LogP contribution is -2.31. The molecule has 0 saturated heterocycles. The quantitative estimate of drug-likeness (QED) is 0.377. The summed E-state index contributed by atoms with van der Waals surface area (Å²) in [5.41, 5.74) is 2.09. The molecule has 0 aliphatic rings. The molecule has 0 spiro atoms. The van der Waals surface area contributed by atoms with E-state index in [9.17, 15) is 4.79 Å². The minimum atomic E-state index is -0.489. The van der Waals surface area contributed by atoms with Gasteiger partial charge < -0.3 is 14.8 Å². The second kappa shape index (κ2) is 8.04. The SMILES string of the molecule is CCN(C(=O)OC)c1ccccc1/C(ON)=C(C)/C(C)=N/O. The minimum Gasteiger partial charge on any atom is -0.452 e. The first kappa shape index (κ1) is 17.5. The highest BCUT2D eigenvalue weighted by atomic mass is 16.6. The molecule has 1 amide bonds. The fraction of sp³-hybridized carbons (Fsp3) is 0.333. The molecule has 120 valence electrons. The molecule has 7 nitrogen and oxygen atoms in total. The van der Waals surface area contributed by atoms with Crippen LogP contribution in [0.4, 0.5) is 10.5 Å². The van der Waals surface area contributed by atoms with Gasteiger partial charge in [0, 0.05) is 17.7 Å². The largest absolute Gasteiger partial charge is 0.452 e. The highest BCUT2D eigenvalue weighted by Gasteiger charge is 2.21. The maximum Gasteiger partial charge on any atom is 0.414 e. The van der Waals surface area contributed by atoms with Gasteiger partial charge in [0.1, 0.15) is 0 Å². The Morgan fingerprint density at radius 3 is 2.50 bits per heavy atom. The molecular weight excluding hydrogens is 286 g/mol. The Labute approximate surface area is 129 Å². The Morgan fingerprint density at radius 2 is 2.00 bits per heavy atom. The summed E-state index contributed by atoms with van der Waals surface area (Å²) in [7, 11) is 1.32. The van der Waals surface area contributed by atoms with Crippen molar-refractivity contribution in [3.05, 3.63) is 35.4 Å². The first-order valence-electron chi connectivity index (χ1n) is 6.73. The zero-order chi connectivity index (χ0) is 16.7. The van der Waals surface area contributed by atoms with Crippen molar-refractivity contribution in [1.82, 2.24) is 0 Å². The number of nitrogens with two attached hydrogens (primary N) is 1. The van der Waals surface area contributed by atoms with Gasteiger partial charge in [-0.25, -0.2) is 4.79 Å². The molecule has 1 aromatic rings. The van der Waals surface area contributed by atoms with Gasteiger partial charge in [0.05, 0.1) is 18.5 Å². The molecule has 0 heterocycles. The number of ether oxygens (including phenoxy) is 1. The fourth-order valence-corrected chi connectivity index (χ4v) is 2.00. The van der Waals surface area contributed by atoms with E-state index < -0.39 is 6.09 Å². The van der Waals surface area contributed by atoms with E-state index in [1.54, 1.807) is 38.1 Å². The lowest BCUT2D eigenvalue weighted by Gasteiger charge is -2.23. The van der Waals surface area contributed by atoms with Gasteiger partial charge in [-0.3, -0.25) is 4.90 Å². The minimum absolute atomic E-state index is 0.313. The van der Waals surface area contributed by atoms with E-state index in [-0.39, 0.29) is 0 Å². The lowest BCUT2D eigenvalue weighted by molar-refractivity contribution is 0.179. The van der Waals surface area contributed by atoms with Gasteiger partial charge in [-0.15, -0.1) is 0 Å². The fourth-order valence-electron chi connectivity index (χ4n) is 2.00. The van der Waals surface area contributed by atoms with Gasteiger partial charge >= 0.3 is 6.09 Å². The molecule has 22 heavy (non-hydrogen) atoms. The predicted molar refractivity (Wildman–Crippen MR) is 84.6 cm³/mol. The number of amides is 1. The summed E-state index contributed by atoms with van der Waals surface area (Å²) >= 11 is 0. The highest BCUT2D eigenvalue weighted by Crippen LogP contribution is 2.30. The number of allylic oxidation sites excluding steroid dienone is 1. The average molecular weight is 307 g/mol. The van der Waals surface area contributed by atoms with Crippen LogP contribution >= 0.6 is 0 Å². The summed E-state index contributed by atoms with van der Waals surface area (Å²) in [5.74, 6) is 5.70. The molecule has 0 atom stereocenters.